The third kappa shape index (κ3) is 4.05. The number of nitrogens with zero attached hydrogens (tertiary/aromatic N) is 5. The van der Waals surface area contributed by atoms with Gasteiger partial charge in [-0.15, -0.1) is 0 Å². The number of nitrogens with one attached hydrogen (secondary N) is 1. The number of likely N-dealkylation sites (tertiary alicyclic amines) is 1. The Morgan fingerprint density at radius 1 is 1.19 bits per heavy atom. The van der Waals surface area contributed by atoms with Crippen molar-refractivity contribution in [1.29, 1.82) is 0 Å². The van der Waals surface area contributed by atoms with E-state index in [1.807, 2.05) is 17.9 Å². The van der Waals surface area contributed by atoms with E-state index < -0.39 is 0 Å². The van der Waals surface area contributed by atoms with Gasteiger partial charge in [0, 0.05) is 44.1 Å². The fraction of sp³-hybridized carbons (Fsp3) is 0.526. The number of anilines is 2. The largest absolute Gasteiger partial charge is 0.381 e. The molecule has 4 heterocycles. The van der Waals surface area contributed by atoms with Gasteiger partial charge in [-0.3, -0.25) is 9.78 Å². The minimum absolute atomic E-state index is 0.00412. The van der Waals surface area contributed by atoms with Crippen molar-refractivity contribution in [2.45, 2.75) is 38.6 Å². The second-order valence-electron chi connectivity index (χ2n) is 7.02. The highest BCUT2D eigenvalue weighted by Crippen LogP contribution is 2.34. The van der Waals surface area contributed by atoms with Gasteiger partial charge in [0.25, 0.3) is 0 Å². The molecule has 0 bridgehead atoms. The van der Waals surface area contributed by atoms with Gasteiger partial charge >= 0.3 is 0 Å². The topological polar surface area (TPSA) is 93.1 Å². The van der Waals surface area contributed by atoms with Gasteiger partial charge in [-0.05, 0) is 32.6 Å². The van der Waals surface area contributed by atoms with Gasteiger partial charge in [0.05, 0.1) is 17.9 Å². The smallest absolute Gasteiger partial charge is 0.226 e. The van der Waals surface area contributed by atoms with E-state index in [0.717, 1.165) is 37.9 Å². The predicted octanol–water partition coefficient (Wildman–Crippen LogP) is 2.41. The lowest BCUT2D eigenvalue weighted by atomic mass is 9.98. The normalized spacial score (nSPS) is 20.6. The second kappa shape index (κ2) is 7.96. The Morgan fingerprint density at radius 2 is 2.04 bits per heavy atom. The molecule has 142 valence electrons. The molecule has 8 heteroatoms. The molecular formula is C19H24N6O2. The third-order valence-corrected chi connectivity index (χ3v) is 5.12. The molecule has 2 fully saturated rings. The molecule has 2 aromatic rings. The fourth-order valence-corrected chi connectivity index (χ4v) is 3.84. The zero-order valence-electron chi connectivity index (χ0n) is 15.5. The molecule has 0 aromatic carbocycles. The summed E-state index contributed by atoms with van der Waals surface area (Å²) in [6.07, 6.45) is 8.44. The quantitative estimate of drug-likeness (QED) is 0.886. The van der Waals surface area contributed by atoms with Gasteiger partial charge < -0.3 is 15.0 Å². The standard InChI is InChI=1S/C19H24N6O2/c1-13-22-15(11-17(23-13)24-18-12-20-6-7-21-18)16-3-2-8-25(16)19(26)14-4-9-27-10-5-14/h6-7,11-12,14,16H,2-5,8-10H2,1H3,(H,21,22,23,24)/t16-/m0/s1. The molecule has 0 saturated carbocycles. The van der Waals surface area contributed by atoms with Crippen LogP contribution in [0.25, 0.3) is 0 Å². The molecule has 2 aliphatic heterocycles. The predicted molar refractivity (Wildman–Crippen MR) is 99.3 cm³/mol. The van der Waals surface area contributed by atoms with Crippen molar-refractivity contribution >= 4 is 17.5 Å². The number of ether oxygens (including phenoxy) is 1. The molecule has 4 rings (SSSR count). The molecule has 8 nitrogen and oxygen atoms in total. The first-order valence-corrected chi connectivity index (χ1v) is 9.47. The summed E-state index contributed by atoms with van der Waals surface area (Å²) in [6, 6.07) is 1.92. The Balaban J connectivity index is 1.55. The fourth-order valence-electron chi connectivity index (χ4n) is 3.84. The molecule has 2 aromatic heterocycles. The van der Waals surface area contributed by atoms with Gasteiger partial charge in [-0.2, -0.15) is 0 Å². The van der Waals surface area contributed by atoms with Crippen LogP contribution in [-0.2, 0) is 9.53 Å². The summed E-state index contributed by atoms with van der Waals surface area (Å²) in [5.41, 5.74) is 0.881. The van der Waals surface area contributed by atoms with E-state index in [0.29, 0.717) is 30.7 Å². The maximum Gasteiger partial charge on any atom is 0.226 e. The molecule has 2 aliphatic rings. The maximum absolute atomic E-state index is 13.0. The van der Waals surface area contributed by atoms with E-state index >= 15 is 0 Å². The highest BCUT2D eigenvalue weighted by molar-refractivity contribution is 5.79. The number of carbonyl (C=O) groups is 1. The van der Waals surface area contributed by atoms with Crippen LogP contribution < -0.4 is 5.32 Å². The van der Waals surface area contributed by atoms with E-state index in [2.05, 4.69) is 25.3 Å². The molecule has 0 unspecified atom stereocenters. The minimum Gasteiger partial charge on any atom is -0.381 e. The Bertz CT molecular complexity index is 794. The van der Waals surface area contributed by atoms with Gasteiger partial charge in [0.1, 0.15) is 17.5 Å². The molecular weight excluding hydrogens is 344 g/mol. The molecule has 1 atom stereocenters. The molecule has 2 saturated heterocycles. The van der Waals surface area contributed by atoms with E-state index in [-0.39, 0.29) is 17.9 Å². The van der Waals surface area contributed by atoms with Crippen LogP contribution in [0.4, 0.5) is 11.6 Å². The Morgan fingerprint density at radius 3 is 2.81 bits per heavy atom. The van der Waals surface area contributed by atoms with Crippen molar-refractivity contribution < 1.29 is 9.53 Å². The van der Waals surface area contributed by atoms with Crippen LogP contribution in [-0.4, -0.2) is 50.5 Å². The van der Waals surface area contributed by atoms with Crippen molar-refractivity contribution in [3.8, 4) is 0 Å². The number of carbonyl (C=O) groups excluding carboxylic acids is 1. The molecule has 0 aliphatic carbocycles. The van der Waals surface area contributed by atoms with E-state index in [4.69, 9.17) is 4.74 Å². The van der Waals surface area contributed by atoms with Crippen molar-refractivity contribution in [3.63, 3.8) is 0 Å². The Hall–Kier alpha value is -2.61. The van der Waals surface area contributed by atoms with Crippen LogP contribution in [0.1, 0.15) is 43.2 Å². The van der Waals surface area contributed by atoms with Crippen molar-refractivity contribution in [2.75, 3.05) is 25.1 Å². The lowest BCUT2D eigenvalue weighted by Crippen LogP contribution is -2.38. The van der Waals surface area contributed by atoms with Gasteiger partial charge in [-0.25, -0.2) is 15.0 Å². The first-order chi connectivity index (χ1) is 13.2. The van der Waals surface area contributed by atoms with Crippen LogP contribution in [0.3, 0.4) is 0 Å². The third-order valence-electron chi connectivity index (χ3n) is 5.12. The number of aromatic nitrogens is 4. The highest BCUT2D eigenvalue weighted by Gasteiger charge is 2.35. The summed E-state index contributed by atoms with van der Waals surface area (Å²) in [5.74, 6) is 2.27. The van der Waals surface area contributed by atoms with Crippen LogP contribution in [0.5, 0.6) is 0 Å². The average Bonchev–Trinajstić information content (AvgIpc) is 3.18. The second-order valence-corrected chi connectivity index (χ2v) is 7.02. The van der Waals surface area contributed by atoms with Crippen molar-refractivity contribution in [1.82, 2.24) is 24.8 Å². The maximum atomic E-state index is 13.0. The number of aryl methyl sites for hydroxylation is 1. The summed E-state index contributed by atoms with van der Waals surface area (Å²) in [4.78, 5) is 32.4. The summed E-state index contributed by atoms with van der Waals surface area (Å²) in [5, 5.41) is 3.17. The van der Waals surface area contributed by atoms with E-state index in [1.54, 1.807) is 18.6 Å². The molecule has 0 spiro atoms. The lowest BCUT2D eigenvalue weighted by Gasteiger charge is -2.30. The van der Waals surface area contributed by atoms with E-state index in [9.17, 15) is 4.79 Å². The number of rotatable bonds is 4. The van der Waals surface area contributed by atoms with E-state index in [1.165, 1.54) is 0 Å². The molecule has 27 heavy (non-hydrogen) atoms. The first kappa shape index (κ1) is 17.8. The first-order valence-electron chi connectivity index (χ1n) is 9.47. The average molecular weight is 368 g/mol. The van der Waals surface area contributed by atoms with Crippen LogP contribution in [0.2, 0.25) is 0 Å². The zero-order chi connectivity index (χ0) is 18.6. The number of amides is 1. The molecule has 0 radical (unpaired) electrons. The molecule has 1 amide bonds. The van der Waals surface area contributed by atoms with Crippen molar-refractivity contribution in [2.24, 2.45) is 5.92 Å². The summed E-state index contributed by atoms with van der Waals surface area (Å²) >= 11 is 0. The number of hydrogen-bond donors (Lipinski definition) is 1. The monoisotopic (exact) mass is 368 g/mol. The zero-order valence-corrected chi connectivity index (χ0v) is 15.5. The lowest BCUT2D eigenvalue weighted by molar-refractivity contribution is -0.139. The number of hydrogen-bond acceptors (Lipinski definition) is 7. The van der Waals surface area contributed by atoms with Crippen molar-refractivity contribution in [3.05, 3.63) is 36.2 Å². The minimum atomic E-state index is 0.00412. The van der Waals surface area contributed by atoms with Gasteiger partial charge in [-0.1, -0.05) is 0 Å². The summed E-state index contributed by atoms with van der Waals surface area (Å²) in [7, 11) is 0. The summed E-state index contributed by atoms with van der Waals surface area (Å²) < 4.78 is 5.40. The van der Waals surface area contributed by atoms with Gasteiger partial charge in [0.2, 0.25) is 5.91 Å². The Kier molecular flexibility index (Phi) is 5.24. The van der Waals surface area contributed by atoms with Gasteiger partial charge in [0.15, 0.2) is 0 Å². The van der Waals surface area contributed by atoms with Crippen LogP contribution >= 0.6 is 0 Å². The molecule has 1 N–H and O–H groups in total. The van der Waals surface area contributed by atoms with Crippen LogP contribution in [0.15, 0.2) is 24.7 Å². The Labute approximate surface area is 158 Å². The summed E-state index contributed by atoms with van der Waals surface area (Å²) in [6.45, 7) is 4.00. The van der Waals surface area contributed by atoms with Crippen LogP contribution in [0, 0.1) is 12.8 Å². The highest BCUT2D eigenvalue weighted by atomic mass is 16.5. The SMILES string of the molecule is Cc1nc(Nc2cnccn2)cc([C@@H]2CCCN2C(=O)C2CCOCC2)n1.